The standard InChI is InChI=1S/C37H44N6O6/c1-25(40-33(44)19-16-29-20-21-39-43(29)2)35(46)42-32(23-27-14-17-30(49-3)18-15-27)36(47)41-31(22-26-10-6-4-7-11-26)34(45)37(48)38-24-28-12-8-5-9-13-28/h4-15,17-18,20-21,25,31-32,34,45H,16,19,22-24H2,1-3H3,(H,38,48)(H,40,44)(H,41,47)(H,42,46)/t25-,31?,32-,34-/m0/s1. The van der Waals surface area contributed by atoms with Crippen LogP contribution < -0.4 is 26.0 Å². The number of aliphatic hydroxyl groups is 1. The van der Waals surface area contributed by atoms with E-state index in [1.165, 1.54) is 0 Å². The molecule has 4 aromatic rings. The maximum Gasteiger partial charge on any atom is 0.251 e. The predicted molar refractivity (Wildman–Crippen MR) is 184 cm³/mol. The maximum atomic E-state index is 13.9. The fourth-order valence-corrected chi connectivity index (χ4v) is 5.24. The number of ether oxygens (including phenoxy) is 1. The lowest BCUT2D eigenvalue weighted by atomic mass is 9.98. The first-order valence-corrected chi connectivity index (χ1v) is 16.2. The number of rotatable bonds is 17. The van der Waals surface area contributed by atoms with E-state index in [9.17, 15) is 24.3 Å². The highest BCUT2D eigenvalue weighted by Crippen LogP contribution is 2.14. The molecule has 0 fully saturated rings. The summed E-state index contributed by atoms with van der Waals surface area (Å²) in [5.41, 5.74) is 3.26. The molecule has 4 rings (SSSR count). The molecule has 0 aliphatic carbocycles. The second-order valence-corrected chi connectivity index (χ2v) is 11.8. The quantitative estimate of drug-likeness (QED) is 0.115. The molecule has 1 heterocycles. The molecule has 4 amide bonds. The normalized spacial score (nSPS) is 13.3. The number of hydrogen-bond acceptors (Lipinski definition) is 7. The van der Waals surface area contributed by atoms with E-state index in [1.54, 1.807) is 56.2 Å². The number of carbonyl (C=O) groups excluding carboxylic acids is 4. The van der Waals surface area contributed by atoms with Crippen molar-refractivity contribution in [2.24, 2.45) is 7.05 Å². The van der Waals surface area contributed by atoms with Gasteiger partial charge in [0.05, 0.1) is 13.2 Å². The Kier molecular flexibility index (Phi) is 13.5. The van der Waals surface area contributed by atoms with Gasteiger partial charge in [-0.25, -0.2) is 0 Å². The van der Waals surface area contributed by atoms with E-state index < -0.39 is 42.0 Å². The number of hydrogen-bond donors (Lipinski definition) is 5. The van der Waals surface area contributed by atoms with Crippen LogP contribution in [0.15, 0.2) is 97.2 Å². The largest absolute Gasteiger partial charge is 0.497 e. The highest BCUT2D eigenvalue weighted by Gasteiger charge is 2.32. The molecule has 0 aliphatic heterocycles. The molecule has 0 bridgehead atoms. The van der Waals surface area contributed by atoms with Crippen molar-refractivity contribution in [3.05, 3.63) is 120 Å². The summed E-state index contributed by atoms with van der Waals surface area (Å²) in [6.45, 7) is 1.74. The summed E-state index contributed by atoms with van der Waals surface area (Å²) in [6, 6.07) is 24.3. The molecule has 3 aromatic carbocycles. The molecule has 0 spiro atoms. The Hall–Kier alpha value is -5.49. The topological polar surface area (TPSA) is 164 Å². The van der Waals surface area contributed by atoms with Crippen LogP contribution in [0, 0.1) is 0 Å². The molecule has 0 saturated carbocycles. The number of aliphatic hydroxyl groups excluding tert-OH is 1. The molecule has 0 aliphatic rings. The fraction of sp³-hybridized carbons (Fsp3) is 0.324. The number of amides is 4. The van der Waals surface area contributed by atoms with Crippen LogP contribution in [0.1, 0.15) is 35.7 Å². The number of aromatic nitrogens is 2. The Morgan fingerprint density at radius 1 is 0.776 bits per heavy atom. The molecular formula is C37H44N6O6. The van der Waals surface area contributed by atoms with Crippen molar-refractivity contribution in [2.45, 2.75) is 63.4 Å². The Labute approximate surface area is 286 Å². The molecule has 12 nitrogen and oxygen atoms in total. The van der Waals surface area contributed by atoms with E-state index in [-0.39, 0.29) is 31.7 Å². The Bertz CT molecular complexity index is 1660. The average Bonchev–Trinajstić information content (AvgIpc) is 3.54. The first-order chi connectivity index (χ1) is 23.6. The summed E-state index contributed by atoms with van der Waals surface area (Å²) >= 11 is 0. The van der Waals surface area contributed by atoms with Crippen LogP contribution in [0.4, 0.5) is 0 Å². The predicted octanol–water partition coefficient (Wildman–Crippen LogP) is 2.00. The molecule has 0 radical (unpaired) electrons. The fourth-order valence-electron chi connectivity index (χ4n) is 5.24. The lowest BCUT2D eigenvalue weighted by molar-refractivity contribution is -0.134. The number of benzene rings is 3. The Balaban J connectivity index is 1.48. The van der Waals surface area contributed by atoms with Gasteiger partial charge in [-0.15, -0.1) is 0 Å². The van der Waals surface area contributed by atoms with Gasteiger partial charge in [-0.3, -0.25) is 23.9 Å². The minimum Gasteiger partial charge on any atom is -0.497 e. The zero-order chi connectivity index (χ0) is 35.2. The van der Waals surface area contributed by atoms with E-state index in [2.05, 4.69) is 26.4 Å². The minimum absolute atomic E-state index is 0.0943. The molecule has 49 heavy (non-hydrogen) atoms. The van der Waals surface area contributed by atoms with Crippen molar-refractivity contribution >= 4 is 23.6 Å². The SMILES string of the molecule is COc1ccc(C[C@H](NC(=O)[C@H](C)NC(=O)CCc2ccnn2C)C(=O)NC(Cc2ccccc2)[C@H](O)C(=O)NCc2ccccc2)cc1. The van der Waals surface area contributed by atoms with Gasteiger partial charge in [-0.2, -0.15) is 5.10 Å². The lowest BCUT2D eigenvalue weighted by Gasteiger charge is -2.27. The van der Waals surface area contributed by atoms with Crippen molar-refractivity contribution in [3.8, 4) is 5.75 Å². The number of nitrogens with zero attached hydrogens (tertiary/aromatic N) is 2. The van der Waals surface area contributed by atoms with E-state index in [0.717, 1.165) is 22.4 Å². The van der Waals surface area contributed by atoms with Crippen LogP contribution in [0.5, 0.6) is 5.75 Å². The molecule has 1 unspecified atom stereocenters. The number of nitrogens with one attached hydrogen (secondary N) is 4. The molecule has 12 heteroatoms. The smallest absolute Gasteiger partial charge is 0.251 e. The molecule has 5 N–H and O–H groups in total. The van der Waals surface area contributed by atoms with Crippen LogP contribution in [0.2, 0.25) is 0 Å². The Morgan fingerprint density at radius 3 is 2.02 bits per heavy atom. The number of aryl methyl sites for hydroxylation is 2. The zero-order valence-corrected chi connectivity index (χ0v) is 28.0. The number of carbonyl (C=O) groups is 4. The first kappa shape index (κ1) is 36.3. The van der Waals surface area contributed by atoms with Crippen LogP contribution in [-0.4, -0.2) is 69.9 Å². The molecular weight excluding hydrogens is 624 g/mol. The van der Waals surface area contributed by atoms with Gasteiger partial charge >= 0.3 is 0 Å². The van der Waals surface area contributed by atoms with Gasteiger partial charge in [0.1, 0.15) is 17.8 Å². The third kappa shape index (κ3) is 11.3. The number of methoxy groups -OCH3 is 1. The maximum absolute atomic E-state index is 13.9. The van der Waals surface area contributed by atoms with E-state index >= 15 is 0 Å². The van der Waals surface area contributed by atoms with Crippen LogP contribution >= 0.6 is 0 Å². The van der Waals surface area contributed by atoms with Gasteiger partial charge in [0.25, 0.3) is 5.91 Å². The lowest BCUT2D eigenvalue weighted by Crippen LogP contribution is -2.58. The van der Waals surface area contributed by atoms with Gasteiger partial charge in [0.15, 0.2) is 6.10 Å². The second kappa shape index (κ2) is 18.2. The summed E-state index contributed by atoms with van der Waals surface area (Å²) in [5.74, 6) is -1.52. The van der Waals surface area contributed by atoms with E-state index in [1.807, 2.05) is 66.7 Å². The van der Waals surface area contributed by atoms with Crippen molar-refractivity contribution < 1.29 is 29.0 Å². The van der Waals surface area contributed by atoms with Crippen LogP contribution in [0.25, 0.3) is 0 Å². The second-order valence-electron chi connectivity index (χ2n) is 11.8. The summed E-state index contributed by atoms with van der Waals surface area (Å²) in [7, 11) is 3.34. The van der Waals surface area contributed by atoms with E-state index in [4.69, 9.17) is 4.74 Å². The summed E-state index contributed by atoms with van der Waals surface area (Å²) in [4.78, 5) is 53.1. The summed E-state index contributed by atoms with van der Waals surface area (Å²) in [6.07, 6.45) is 0.901. The summed E-state index contributed by atoms with van der Waals surface area (Å²) in [5, 5.41) is 26.4. The molecule has 1 aromatic heterocycles. The van der Waals surface area contributed by atoms with E-state index in [0.29, 0.717) is 12.2 Å². The highest BCUT2D eigenvalue weighted by molar-refractivity contribution is 5.92. The van der Waals surface area contributed by atoms with Gasteiger partial charge in [0.2, 0.25) is 17.7 Å². The minimum atomic E-state index is -1.59. The third-order valence-corrected chi connectivity index (χ3v) is 8.12. The Morgan fingerprint density at radius 2 is 1.41 bits per heavy atom. The first-order valence-electron chi connectivity index (χ1n) is 16.2. The van der Waals surface area contributed by atoms with Crippen LogP contribution in [-0.2, 0) is 52.0 Å². The highest BCUT2D eigenvalue weighted by atomic mass is 16.5. The molecule has 4 atom stereocenters. The van der Waals surface area contributed by atoms with Gasteiger partial charge in [-0.05, 0) is 54.7 Å². The van der Waals surface area contributed by atoms with Crippen molar-refractivity contribution in [3.63, 3.8) is 0 Å². The van der Waals surface area contributed by atoms with Crippen molar-refractivity contribution in [1.82, 2.24) is 31.0 Å². The summed E-state index contributed by atoms with van der Waals surface area (Å²) < 4.78 is 6.93. The molecule has 258 valence electrons. The van der Waals surface area contributed by atoms with Crippen molar-refractivity contribution in [1.29, 1.82) is 0 Å². The monoisotopic (exact) mass is 668 g/mol. The van der Waals surface area contributed by atoms with Gasteiger partial charge < -0.3 is 31.1 Å². The zero-order valence-electron chi connectivity index (χ0n) is 28.0. The third-order valence-electron chi connectivity index (χ3n) is 8.12. The van der Waals surface area contributed by atoms with Crippen molar-refractivity contribution in [2.75, 3.05) is 7.11 Å². The van der Waals surface area contributed by atoms with Gasteiger partial charge in [0, 0.05) is 38.3 Å². The van der Waals surface area contributed by atoms with Gasteiger partial charge in [-0.1, -0.05) is 72.8 Å². The van der Waals surface area contributed by atoms with Crippen LogP contribution in [0.3, 0.4) is 0 Å². The molecule has 0 saturated heterocycles. The average molecular weight is 669 g/mol.